The molecule has 2 aliphatic heterocycles. The fourth-order valence-corrected chi connectivity index (χ4v) is 3.93. The molecule has 27 heavy (non-hydrogen) atoms. The third-order valence-electron chi connectivity index (χ3n) is 5.29. The number of non-ortho nitro benzene ring substituents is 1. The van der Waals surface area contributed by atoms with E-state index < -0.39 is 4.92 Å². The van der Waals surface area contributed by atoms with Crippen LogP contribution >= 0.6 is 12.4 Å². The second-order valence-electron chi connectivity index (χ2n) is 6.77. The van der Waals surface area contributed by atoms with E-state index in [1.165, 1.54) is 12.1 Å². The zero-order chi connectivity index (χ0) is 18.1. The number of aromatic nitrogens is 1. The van der Waals surface area contributed by atoms with Crippen LogP contribution in [-0.4, -0.2) is 70.9 Å². The average molecular weight is 392 g/mol. The molecule has 2 aromatic rings. The number of nitro benzene ring substituents is 1. The molecule has 0 bridgehead atoms. The van der Waals surface area contributed by atoms with Crippen LogP contribution in [-0.2, 0) is 0 Å². The summed E-state index contributed by atoms with van der Waals surface area (Å²) in [5, 5.41) is 15.0. The van der Waals surface area contributed by atoms with E-state index in [1.54, 1.807) is 18.3 Å². The molecule has 2 saturated heterocycles. The van der Waals surface area contributed by atoms with Gasteiger partial charge in [0.1, 0.15) is 0 Å². The SMILES string of the molecule is Cl.O=C(c1ccc([N+](=O)[O-])c2cccnc12)N1CCC(N2CCNCC2)C1. The highest BCUT2D eigenvalue weighted by atomic mass is 35.5. The molecule has 2 fully saturated rings. The Kier molecular flexibility index (Phi) is 5.88. The number of pyridine rings is 1. The summed E-state index contributed by atoms with van der Waals surface area (Å²) >= 11 is 0. The lowest BCUT2D eigenvalue weighted by molar-refractivity contribution is -0.383. The molecule has 3 heterocycles. The number of nitrogens with zero attached hydrogens (tertiary/aromatic N) is 4. The third kappa shape index (κ3) is 3.73. The number of hydrogen-bond donors (Lipinski definition) is 1. The number of nitrogens with one attached hydrogen (secondary N) is 1. The van der Waals surface area contributed by atoms with Crippen molar-refractivity contribution in [3.05, 3.63) is 46.1 Å². The fourth-order valence-electron chi connectivity index (χ4n) is 3.93. The normalized spacial score (nSPS) is 20.4. The second kappa shape index (κ2) is 8.16. The molecule has 0 radical (unpaired) electrons. The van der Waals surface area contributed by atoms with Crippen LogP contribution in [0.15, 0.2) is 30.5 Å². The van der Waals surface area contributed by atoms with Crippen LogP contribution in [0.25, 0.3) is 10.9 Å². The van der Waals surface area contributed by atoms with Gasteiger partial charge in [0.2, 0.25) is 0 Å². The molecule has 1 N–H and O–H groups in total. The van der Waals surface area contributed by atoms with Gasteiger partial charge in [-0.05, 0) is 24.6 Å². The summed E-state index contributed by atoms with van der Waals surface area (Å²) in [5.41, 5.74) is 0.814. The first-order chi connectivity index (χ1) is 12.6. The van der Waals surface area contributed by atoms with Crippen molar-refractivity contribution < 1.29 is 9.72 Å². The van der Waals surface area contributed by atoms with E-state index in [1.807, 2.05) is 4.90 Å². The standard InChI is InChI=1S/C18H21N5O3.ClH/c24-18(22-9-5-13(12-22)21-10-7-19-8-11-21)15-3-4-16(23(25)26)14-2-1-6-20-17(14)15;/h1-4,6,13,19H,5,7-12H2;1H. The largest absolute Gasteiger partial charge is 0.337 e. The molecule has 1 aromatic heterocycles. The Morgan fingerprint density at radius 2 is 2.00 bits per heavy atom. The lowest BCUT2D eigenvalue weighted by Gasteiger charge is -2.32. The molecule has 9 heteroatoms. The van der Waals surface area contributed by atoms with Crippen molar-refractivity contribution in [2.24, 2.45) is 0 Å². The highest BCUT2D eigenvalue weighted by Crippen LogP contribution is 2.28. The second-order valence-corrected chi connectivity index (χ2v) is 6.77. The zero-order valence-electron chi connectivity index (χ0n) is 14.8. The predicted octanol–water partition coefficient (Wildman–Crippen LogP) is 1.68. The number of benzene rings is 1. The minimum Gasteiger partial charge on any atom is -0.337 e. The summed E-state index contributed by atoms with van der Waals surface area (Å²) in [6.07, 6.45) is 2.53. The van der Waals surface area contributed by atoms with Crippen LogP contribution in [0.4, 0.5) is 5.69 Å². The Balaban J connectivity index is 0.00000210. The van der Waals surface area contributed by atoms with Gasteiger partial charge >= 0.3 is 0 Å². The Hall–Kier alpha value is -2.29. The van der Waals surface area contributed by atoms with Crippen molar-refractivity contribution in [1.29, 1.82) is 0 Å². The van der Waals surface area contributed by atoms with Crippen molar-refractivity contribution in [2.75, 3.05) is 39.3 Å². The maximum atomic E-state index is 13.1. The lowest BCUT2D eigenvalue weighted by Crippen LogP contribution is -2.49. The molecular weight excluding hydrogens is 370 g/mol. The fraction of sp³-hybridized carbons (Fsp3) is 0.444. The minimum absolute atomic E-state index is 0. The van der Waals surface area contributed by atoms with Crippen LogP contribution in [0.1, 0.15) is 16.8 Å². The maximum absolute atomic E-state index is 13.1. The Labute approximate surface area is 163 Å². The number of hydrogen-bond acceptors (Lipinski definition) is 6. The van der Waals surface area contributed by atoms with Gasteiger partial charge in [-0.1, -0.05) is 0 Å². The van der Waals surface area contributed by atoms with Crippen molar-refractivity contribution in [2.45, 2.75) is 12.5 Å². The first kappa shape index (κ1) is 19.5. The van der Waals surface area contributed by atoms with E-state index in [0.717, 1.165) is 32.6 Å². The summed E-state index contributed by atoms with van der Waals surface area (Å²) in [7, 11) is 0. The molecule has 0 saturated carbocycles. The number of fused-ring (bicyclic) bond motifs is 1. The highest BCUT2D eigenvalue weighted by molar-refractivity contribution is 6.07. The van der Waals surface area contributed by atoms with E-state index in [-0.39, 0.29) is 24.0 Å². The number of likely N-dealkylation sites (tertiary alicyclic amines) is 1. The summed E-state index contributed by atoms with van der Waals surface area (Å²) in [6.45, 7) is 5.40. The summed E-state index contributed by atoms with van der Waals surface area (Å²) in [6, 6.07) is 6.62. The van der Waals surface area contributed by atoms with Gasteiger partial charge in [0, 0.05) is 57.6 Å². The first-order valence-electron chi connectivity index (χ1n) is 8.91. The molecule has 4 rings (SSSR count). The Morgan fingerprint density at radius 1 is 1.22 bits per heavy atom. The molecule has 0 aliphatic carbocycles. The summed E-state index contributed by atoms with van der Waals surface area (Å²) in [4.78, 5) is 32.4. The molecule has 2 aliphatic rings. The predicted molar refractivity (Wildman–Crippen MR) is 104 cm³/mol. The van der Waals surface area contributed by atoms with Crippen LogP contribution in [0.3, 0.4) is 0 Å². The first-order valence-corrected chi connectivity index (χ1v) is 8.91. The third-order valence-corrected chi connectivity index (χ3v) is 5.29. The molecule has 1 unspecified atom stereocenters. The van der Waals surface area contributed by atoms with Gasteiger partial charge in [-0.15, -0.1) is 12.4 Å². The number of halogens is 1. The van der Waals surface area contributed by atoms with Crippen molar-refractivity contribution in [3.8, 4) is 0 Å². The molecule has 1 aromatic carbocycles. The van der Waals surface area contributed by atoms with E-state index in [0.29, 0.717) is 35.6 Å². The van der Waals surface area contributed by atoms with E-state index >= 15 is 0 Å². The Bertz CT molecular complexity index is 856. The van der Waals surface area contributed by atoms with Gasteiger partial charge in [-0.2, -0.15) is 0 Å². The zero-order valence-corrected chi connectivity index (χ0v) is 15.7. The smallest absolute Gasteiger partial charge is 0.278 e. The monoisotopic (exact) mass is 391 g/mol. The molecule has 1 atom stereocenters. The van der Waals surface area contributed by atoms with Crippen LogP contribution < -0.4 is 5.32 Å². The number of carbonyl (C=O) groups is 1. The van der Waals surface area contributed by atoms with E-state index in [2.05, 4.69) is 15.2 Å². The van der Waals surface area contributed by atoms with Gasteiger partial charge in [-0.25, -0.2) is 0 Å². The van der Waals surface area contributed by atoms with Gasteiger partial charge in [0.25, 0.3) is 11.6 Å². The van der Waals surface area contributed by atoms with Crippen molar-refractivity contribution in [1.82, 2.24) is 20.1 Å². The van der Waals surface area contributed by atoms with Gasteiger partial charge < -0.3 is 10.2 Å². The average Bonchev–Trinajstić information content (AvgIpc) is 3.17. The molecule has 8 nitrogen and oxygen atoms in total. The van der Waals surface area contributed by atoms with E-state index in [4.69, 9.17) is 0 Å². The maximum Gasteiger partial charge on any atom is 0.278 e. The summed E-state index contributed by atoms with van der Waals surface area (Å²) < 4.78 is 0. The number of nitro groups is 1. The quantitative estimate of drug-likeness (QED) is 0.632. The molecule has 1 amide bonds. The van der Waals surface area contributed by atoms with Crippen LogP contribution in [0.2, 0.25) is 0 Å². The summed E-state index contributed by atoms with van der Waals surface area (Å²) in [5.74, 6) is -0.0961. The van der Waals surface area contributed by atoms with Gasteiger partial charge in [0.15, 0.2) is 0 Å². The van der Waals surface area contributed by atoms with Crippen LogP contribution in [0, 0.1) is 10.1 Å². The number of carbonyl (C=O) groups excluding carboxylic acids is 1. The Morgan fingerprint density at radius 3 is 2.74 bits per heavy atom. The topological polar surface area (TPSA) is 91.6 Å². The van der Waals surface area contributed by atoms with Crippen LogP contribution in [0.5, 0.6) is 0 Å². The van der Waals surface area contributed by atoms with Gasteiger partial charge in [-0.3, -0.25) is 24.8 Å². The highest BCUT2D eigenvalue weighted by Gasteiger charge is 2.32. The number of amides is 1. The van der Waals surface area contributed by atoms with Gasteiger partial charge in [0.05, 0.1) is 21.4 Å². The van der Waals surface area contributed by atoms with Crippen molar-refractivity contribution in [3.63, 3.8) is 0 Å². The van der Waals surface area contributed by atoms with Crippen molar-refractivity contribution >= 4 is 34.9 Å². The number of rotatable bonds is 3. The molecule has 144 valence electrons. The number of piperazine rings is 1. The molecule has 0 spiro atoms. The molecular formula is C18H22ClN5O3. The minimum atomic E-state index is -0.436. The van der Waals surface area contributed by atoms with E-state index in [9.17, 15) is 14.9 Å². The lowest BCUT2D eigenvalue weighted by atomic mass is 10.1.